The number of morpholine rings is 2. The minimum Gasteiger partial charge on any atom is -0.378 e. The molecule has 2 aromatic carbocycles. The largest absolute Gasteiger partial charge is 0.378 e. The monoisotopic (exact) mass is 852 g/mol. The normalized spacial score (nSPS) is 27.2. The van der Waals surface area contributed by atoms with Crippen LogP contribution >= 0.6 is 48.0 Å². The van der Waals surface area contributed by atoms with E-state index < -0.39 is 0 Å². The van der Waals surface area contributed by atoms with E-state index in [1.807, 2.05) is 24.3 Å². The van der Waals surface area contributed by atoms with Gasteiger partial charge in [0.1, 0.15) is 0 Å². The molecule has 0 saturated carbocycles. The zero-order chi connectivity index (χ0) is 36.9. The van der Waals surface area contributed by atoms with Gasteiger partial charge in [-0.25, -0.2) is 5.10 Å². The predicted molar refractivity (Wildman–Crippen MR) is 230 cm³/mol. The maximum atomic E-state index is 6.10. The highest BCUT2D eigenvalue weighted by Crippen LogP contribution is 2.30. The molecule has 12 nitrogen and oxygen atoms in total. The van der Waals surface area contributed by atoms with Crippen molar-refractivity contribution in [1.29, 1.82) is 0 Å². The molecule has 4 N–H and O–H groups in total. The average Bonchev–Trinajstić information content (AvgIpc) is 3.66. The van der Waals surface area contributed by atoms with Crippen LogP contribution in [-0.2, 0) is 22.3 Å². The Labute approximate surface area is 354 Å². The Morgan fingerprint density at radius 2 is 1.12 bits per heavy atom. The van der Waals surface area contributed by atoms with Crippen LogP contribution in [0.25, 0.3) is 0 Å². The molecular weight excluding hydrogens is 794 g/mol. The van der Waals surface area contributed by atoms with Gasteiger partial charge in [0.25, 0.3) is 0 Å². The molecule has 0 amide bonds. The molecule has 16 heteroatoms. The van der Waals surface area contributed by atoms with E-state index in [9.17, 15) is 0 Å². The van der Waals surface area contributed by atoms with Crippen molar-refractivity contribution in [2.45, 2.75) is 74.8 Å². The Kier molecular flexibility index (Phi) is 16.2. The number of rotatable bonds is 7. The van der Waals surface area contributed by atoms with Gasteiger partial charge in [0, 0.05) is 98.7 Å². The molecule has 7 heterocycles. The van der Waals surface area contributed by atoms with Crippen LogP contribution in [0.5, 0.6) is 0 Å². The number of halogens is 4. The first-order chi connectivity index (χ1) is 26.4. The molecule has 0 aliphatic carbocycles. The zero-order valence-electron chi connectivity index (χ0n) is 32.3. The number of aromatic nitrogens is 3. The molecule has 6 aliphatic rings. The van der Waals surface area contributed by atoms with Crippen LogP contribution in [0, 0.1) is 0 Å². The first-order valence-electron chi connectivity index (χ1n) is 20.2. The fraction of sp³-hybridized carbons (Fsp3) is 0.650. The molecule has 6 fully saturated rings. The molecule has 0 radical (unpaired) electrons. The number of hydrogen-bond acceptors (Lipinski definition) is 11. The summed E-state index contributed by atoms with van der Waals surface area (Å²) in [5.41, 5.74) is 8.46. The Hall–Kier alpha value is -1.94. The number of fused-ring (bicyclic) bond motifs is 2. The number of H-pyrrole nitrogens is 1. The van der Waals surface area contributed by atoms with Crippen molar-refractivity contribution < 1.29 is 9.47 Å². The molecule has 6 saturated heterocycles. The van der Waals surface area contributed by atoms with Gasteiger partial charge in [-0.2, -0.15) is 4.98 Å². The second-order valence-corrected chi connectivity index (χ2v) is 16.9. The van der Waals surface area contributed by atoms with Gasteiger partial charge in [0.15, 0.2) is 0 Å². The molecule has 3 aromatic rings. The van der Waals surface area contributed by atoms with Crippen LogP contribution in [-0.4, -0.2) is 163 Å². The van der Waals surface area contributed by atoms with E-state index in [0.29, 0.717) is 48.1 Å². The third kappa shape index (κ3) is 11.0. The number of anilines is 2. The van der Waals surface area contributed by atoms with Crippen molar-refractivity contribution >= 4 is 59.9 Å². The number of ether oxygens (including phenoxy) is 2. The number of benzene rings is 2. The second-order valence-electron chi connectivity index (χ2n) is 16.0. The summed E-state index contributed by atoms with van der Waals surface area (Å²) in [6, 6.07) is 20.2. The summed E-state index contributed by atoms with van der Waals surface area (Å²) in [6.45, 7) is 14.3. The number of nitrogens with two attached hydrogens (primary N) is 1. The van der Waals surface area contributed by atoms with Gasteiger partial charge in [-0.05, 0) is 87.0 Å². The summed E-state index contributed by atoms with van der Waals surface area (Å²) >= 11 is 12.2. The van der Waals surface area contributed by atoms with E-state index in [2.05, 4.69) is 69.3 Å². The third-order valence-electron chi connectivity index (χ3n) is 12.6. The first kappa shape index (κ1) is 43.6. The van der Waals surface area contributed by atoms with E-state index in [1.165, 1.54) is 30.5 Å². The number of nitrogen functional groups attached to an aromatic ring is 1. The zero-order valence-corrected chi connectivity index (χ0v) is 35.5. The Morgan fingerprint density at radius 1 is 0.643 bits per heavy atom. The summed E-state index contributed by atoms with van der Waals surface area (Å²) in [7, 11) is 0. The van der Waals surface area contributed by atoms with Crippen LogP contribution in [0.3, 0.4) is 0 Å². The summed E-state index contributed by atoms with van der Waals surface area (Å²) in [6.07, 6.45) is 6.93. The number of aromatic amines is 1. The summed E-state index contributed by atoms with van der Waals surface area (Å²) in [4.78, 5) is 17.4. The van der Waals surface area contributed by atoms with Crippen LogP contribution in [0.1, 0.15) is 36.8 Å². The third-order valence-corrected chi connectivity index (χ3v) is 13.1. The van der Waals surface area contributed by atoms with Crippen LogP contribution in [0.2, 0.25) is 10.0 Å². The molecule has 1 aromatic heterocycles. The molecule has 6 aliphatic heterocycles. The van der Waals surface area contributed by atoms with Crippen LogP contribution in [0.15, 0.2) is 48.5 Å². The number of piperazine rings is 2. The van der Waals surface area contributed by atoms with Crippen molar-refractivity contribution in [2.24, 2.45) is 0 Å². The Morgan fingerprint density at radius 3 is 1.59 bits per heavy atom. The molecule has 0 bridgehead atoms. The van der Waals surface area contributed by atoms with Gasteiger partial charge >= 0.3 is 0 Å². The van der Waals surface area contributed by atoms with Crippen molar-refractivity contribution in [3.05, 3.63) is 69.7 Å². The lowest BCUT2D eigenvalue weighted by Gasteiger charge is -2.52. The average molecular weight is 855 g/mol. The molecular formula is C40H60Cl4N10O2. The summed E-state index contributed by atoms with van der Waals surface area (Å²) in [5, 5.41) is 12.1. The van der Waals surface area contributed by atoms with Crippen LogP contribution < -0.4 is 16.0 Å². The van der Waals surface area contributed by atoms with E-state index in [1.54, 1.807) is 0 Å². The minimum atomic E-state index is 0. The number of hydrogen-bond donors (Lipinski definition) is 3. The molecule has 0 spiro atoms. The number of piperidine rings is 2. The maximum absolute atomic E-state index is 6.10. The molecule has 310 valence electrons. The lowest BCUT2D eigenvalue weighted by molar-refractivity contribution is -0.0771. The fourth-order valence-corrected chi connectivity index (χ4v) is 9.97. The predicted octanol–water partition coefficient (Wildman–Crippen LogP) is 4.50. The van der Waals surface area contributed by atoms with E-state index in [0.717, 1.165) is 121 Å². The van der Waals surface area contributed by atoms with Gasteiger partial charge in [-0.15, -0.1) is 29.9 Å². The quantitative estimate of drug-likeness (QED) is 0.313. The molecule has 9 rings (SSSR count). The van der Waals surface area contributed by atoms with Crippen molar-refractivity contribution in [3.63, 3.8) is 0 Å². The highest BCUT2D eigenvalue weighted by atomic mass is 35.5. The highest BCUT2D eigenvalue weighted by Gasteiger charge is 2.41. The van der Waals surface area contributed by atoms with E-state index >= 15 is 0 Å². The summed E-state index contributed by atoms with van der Waals surface area (Å²) in [5.74, 6) is 1.10. The molecule has 56 heavy (non-hydrogen) atoms. The van der Waals surface area contributed by atoms with E-state index in [4.69, 9.17) is 38.4 Å². The minimum absolute atomic E-state index is 0. The standard InChI is InChI=1S/C21H30ClN7O.C19H28ClN3O.2ClH/c22-16-3-1-15(2-4-16)11-18-12-28-9-10-30-14-19(28)13-29(18)17-5-7-27(8-6-17)21-24-20(23)25-26-21;20-16-3-1-15(2-4-16)11-18-12-22-9-10-24-14-19(22)13-23(18)17-5-7-21-8-6-17;;/h1-4,17-19H,5-14H2,(H3,23,24,25,26);1-4,17-19,21H,5-14H2;2*1H/t2*18-,19+;;/m00../s1. The topological polar surface area (TPSA) is 114 Å². The Balaban J connectivity index is 0.000000187. The van der Waals surface area contributed by atoms with Crippen molar-refractivity contribution in [3.8, 4) is 0 Å². The fourth-order valence-electron chi connectivity index (χ4n) is 9.72. The van der Waals surface area contributed by atoms with Gasteiger partial charge < -0.3 is 25.4 Å². The van der Waals surface area contributed by atoms with Gasteiger partial charge in [0.2, 0.25) is 11.9 Å². The van der Waals surface area contributed by atoms with Gasteiger partial charge in [-0.1, -0.05) is 47.5 Å². The lowest BCUT2D eigenvalue weighted by atomic mass is 9.93. The lowest BCUT2D eigenvalue weighted by Crippen LogP contribution is -2.65. The Bertz CT molecular complexity index is 1610. The van der Waals surface area contributed by atoms with Crippen LogP contribution in [0.4, 0.5) is 11.9 Å². The van der Waals surface area contributed by atoms with Crippen molar-refractivity contribution in [1.82, 2.24) is 40.1 Å². The number of nitrogens with zero attached hydrogens (tertiary/aromatic N) is 7. The molecule has 4 atom stereocenters. The second kappa shape index (κ2) is 20.8. The van der Waals surface area contributed by atoms with Gasteiger partial charge in [0.05, 0.1) is 26.4 Å². The summed E-state index contributed by atoms with van der Waals surface area (Å²) < 4.78 is 11.5. The first-order valence-corrected chi connectivity index (χ1v) is 21.0. The molecule has 0 unspecified atom stereocenters. The SMILES string of the molecule is Cl.Cl.Clc1ccc(C[C@H]2CN3CCOC[C@H]3CN2C2CCNCC2)cc1.Nc1nc(N2CCC(N3C[C@@H]4COCCN4C[C@@H]3Cc3ccc(Cl)cc3)CC2)n[nH]1. The number of nitrogens with one attached hydrogen (secondary N) is 2. The highest BCUT2D eigenvalue weighted by molar-refractivity contribution is 6.30. The van der Waals surface area contributed by atoms with Crippen molar-refractivity contribution in [2.75, 3.05) is 103 Å². The van der Waals surface area contributed by atoms with Gasteiger partial charge in [-0.3, -0.25) is 19.6 Å². The smallest absolute Gasteiger partial charge is 0.246 e. The maximum Gasteiger partial charge on any atom is 0.246 e. The van der Waals surface area contributed by atoms with E-state index in [-0.39, 0.29) is 24.8 Å².